The zero-order valence-corrected chi connectivity index (χ0v) is 11.8. The molecule has 104 valence electrons. The van der Waals surface area contributed by atoms with E-state index in [1.54, 1.807) is 18.2 Å². The van der Waals surface area contributed by atoms with Gasteiger partial charge in [-0.1, -0.05) is 35.9 Å². The third-order valence-corrected chi connectivity index (χ3v) is 3.95. The summed E-state index contributed by atoms with van der Waals surface area (Å²) in [4.78, 5) is 12.5. The van der Waals surface area contributed by atoms with Gasteiger partial charge < -0.3 is 5.11 Å². The van der Waals surface area contributed by atoms with Crippen LogP contribution < -0.4 is 0 Å². The molecular weight excluding hydrogens is 288 g/mol. The summed E-state index contributed by atoms with van der Waals surface area (Å²) < 4.78 is 0. The average Bonchev–Trinajstić information content (AvgIpc) is 2.91. The third-order valence-electron chi connectivity index (χ3n) is 3.64. The average molecular weight is 299 g/mol. The molecule has 0 radical (unpaired) electrons. The molecule has 0 fully saturated rings. The Labute approximate surface area is 126 Å². The van der Waals surface area contributed by atoms with E-state index in [4.69, 9.17) is 22.0 Å². The van der Waals surface area contributed by atoms with Crippen molar-refractivity contribution in [3.63, 3.8) is 0 Å². The Hall–Kier alpha value is -2.51. The Morgan fingerprint density at radius 2 is 2.05 bits per heavy atom. The van der Waals surface area contributed by atoms with E-state index in [0.29, 0.717) is 23.7 Å². The molecule has 4 nitrogen and oxygen atoms in total. The summed E-state index contributed by atoms with van der Waals surface area (Å²) >= 11 is 6.26. The summed E-state index contributed by atoms with van der Waals surface area (Å²) in [6, 6.07) is 12.9. The van der Waals surface area contributed by atoms with E-state index in [2.05, 4.69) is 6.07 Å². The Morgan fingerprint density at radius 3 is 2.71 bits per heavy atom. The number of nitriles is 1. The largest absolute Gasteiger partial charge is 0.465 e. The zero-order chi connectivity index (χ0) is 15.0. The third kappa shape index (κ3) is 2.32. The minimum absolute atomic E-state index is 0.358. The number of hydrogen-bond acceptors (Lipinski definition) is 2. The molecule has 0 atom stereocenters. The SMILES string of the molecule is N#Cc1ccc(-c2cccc3c2CN(C(=O)O)C3)c(Cl)c1. The maximum atomic E-state index is 11.1. The van der Waals surface area contributed by atoms with Crippen LogP contribution in [-0.4, -0.2) is 16.1 Å². The fourth-order valence-corrected chi connectivity index (χ4v) is 2.89. The van der Waals surface area contributed by atoms with Crippen molar-refractivity contribution in [1.29, 1.82) is 5.26 Å². The summed E-state index contributed by atoms with van der Waals surface area (Å²) in [5, 5.41) is 18.5. The van der Waals surface area contributed by atoms with E-state index >= 15 is 0 Å². The number of benzene rings is 2. The molecule has 2 aromatic rings. The minimum atomic E-state index is -0.928. The second kappa shape index (κ2) is 5.12. The second-order valence-electron chi connectivity index (χ2n) is 4.89. The van der Waals surface area contributed by atoms with E-state index in [1.165, 1.54) is 4.90 Å². The van der Waals surface area contributed by atoms with Crippen molar-refractivity contribution in [2.45, 2.75) is 13.1 Å². The molecule has 1 N–H and O–H groups in total. The van der Waals surface area contributed by atoms with Crippen LogP contribution >= 0.6 is 11.6 Å². The summed E-state index contributed by atoms with van der Waals surface area (Å²) in [5.74, 6) is 0. The van der Waals surface area contributed by atoms with Gasteiger partial charge in [-0.15, -0.1) is 0 Å². The first-order chi connectivity index (χ1) is 10.1. The fourth-order valence-electron chi connectivity index (χ4n) is 2.61. The van der Waals surface area contributed by atoms with Gasteiger partial charge in [-0.3, -0.25) is 4.90 Å². The molecular formula is C16H11ClN2O2. The van der Waals surface area contributed by atoms with Crippen LogP contribution in [0.15, 0.2) is 36.4 Å². The van der Waals surface area contributed by atoms with Crippen molar-refractivity contribution >= 4 is 17.7 Å². The second-order valence-corrected chi connectivity index (χ2v) is 5.30. The molecule has 0 saturated carbocycles. The van der Waals surface area contributed by atoms with Crippen molar-refractivity contribution in [2.24, 2.45) is 0 Å². The highest BCUT2D eigenvalue weighted by Crippen LogP contribution is 2.36. The van der Waals surface area contributed by atoms with Gasteiger partial charge in [0.1, 0.15) is 0 Å². The highest BCUT2D eigenvalue weighted by Gasteiger charge is 2.25. The quantitative estimate of drug-likeness (QED) is 0.869. The monoisotopic (exact) mass is 298 g/mol. The van der Waals surface area contributed by atoms with Crippen LogP contribution in [-0.2, 0) is 13.1 Å². The Bertz CT molecular complexity index is 780. The van der Waals surface area contributed by atoms with Crippen LogP contribution in [0.2, 0.25) is 5.02 Å². The molecule has 1 aliphatic heterocycles. The smallest absolute Gasteiger partial charge is 0.407 e. The predicted molar refractivity (Wildman–Crippen MR) is 78.9 cm³/mol. The summed E-state index contributed by atoms with van der Waals surface area (Å²) in [6.07, 6.45) is -0.928. The van der Waals surface area contributed by atoms with Gasteiger partial charge in [-0.2, -0.15) is 5.26 Å². The first-order valence-corrected chi connectivity index (χ1v) is 6.76. The molecule has 2 aromatic carbocycles. The lowest BCUT2D eigenvalue weighted by atomic mass is 9.96. The van der Waals surface area contributed by atoms with Gasteiger partial charge in [0.15, 0.2) is 0 Å². The number of rotatable bonds is 1. The molecule has 0 unspecified atom stereocenters. The van der Waals surface area contributed by atoms with Crippen LogP contribution in [0.25, 0.3) is 11.1 Å². The van der Waals surface area contributed by atoms with Crippen molar-refractivity contribution < 1.29 is 9.90 Å². The van der Waals surface area contributed by atoms with Crippen molar-refractivity contribution in [2.75, 3.05) is 0 Å². The van der Waals surface area contributed by atoms with Crippen molar-refractivity contribution in [3.05, 3.63) is 58.1 Å². The summed E-state index contributed by atoms with van der Waals surface area (Å²) in [5.41, 5.74) is 4.22. The predicted octanol–water partition coefficient (Wildman–Crippen LogP) is 3.87. The van der Waals surface area contributed by atoms with Gasteiger partial charge in [0.05, 0.1) is 18.2 Å². The van der Waals surface area contributed by atoms with Gasteiger partial charge in [0, 0.05) is 17.1 Å². The summed E-state index contributed by atoms with van der Waals surface area (Å²) in [6.45, 7) is 0.754. The molecule has 0 aromatic heterocycles. The number of hydrogen-bond donors (Lipinski definition) is 1. The normalized spacial score (nSPS) is 12.9. The van der Waals surface area contributed by atoms with Gasteiger partial charge in [-0.05, 0) is 28.8 Å². The Morgan fingerprint density at radius 1 is 1.24 bits per heavy atom. The highest BCUT2D eigenvalue weighted by atomic mass is 35.5. The number of halogens is 1. The lowest BCUT2D eigenvalue weighted by Gasteiger charge is -2.11. The van der Waals surface area contributed by atoms with E-state index < -0.39 is 6.09 Å². The molecule has 0 bridgehead atoms. The van der Waals surface area contributed by atoms with Gasteiger partial charge in [0.2, 0.25) is 0 Å². The van der Waals surface area contributed by atoms with Crippen LogP contribution in [0.3, 0.4) is 0 Å². The topological polar surface area (TPSA) is 64.3 Å². The maximum absolute atomic E-state index is 11.1. The lowest BCUT2D eigenvalue weighted by molar-refractivity contribution is 0.145. The van der Waals surface area contributed by atoms with Gasteiger partial charge in [-0.25, -0.2) is 4.79 Å². The van der Waals surface area contributed by atoms with E-state index in [9.17, 15) is 4.79 Å². The molecule has 1 heterocycles. The number of carbonyl (C=O) groups is 1. The standard InChI is InChI=1S/C16H11ClN2O2/c17-15-6-10(7-18)4-5-13(15)12-3-1-2-11-8-19(16(20)21)9-14(11)12/h1-6H,8-9H2,(H,20,21). The van der Waals surface area contributed by atoms with Crippen molar-refractivity contribution in [1.82, 2.24) is 4.90 Å². The molecule has 0 aliphatic carbocycles. The molecule has 5 heteroatoms. The molecule has 0 saturated heterocycles. The molecule has 1 amide bonds. The van der Waals surface area contributed by atoms with E-state index in [-0.39, 0.29) is 0 Å². The lowest BCUT2D eigenvalue weighted by Crippen LogP contribution is -2.22. The molecule has 3 rings (SSSR count). The summed E-state index contributed by atoms with van der Waals surface area (Å²) in [7, 11) is 0. The Kier molecular flexibility index (Phi) is 3.28. The van der Waals surface area contributed by atoms with E-state index in [0.717, 1.165) is 22.3 Å². The van der Waals surface area contributed by atoms with Crippen LogP contribution in [0, 0.1) is 11.3 Å². The van der Waals surface area contributed by atoms with Crippen LogP contribution in [0.4, 0.5) is 4.79 Å². The van der Waals surface area contributed by atoms with Gasteiger partial charge in [0.25, 0.3) is 0 Å². The Balaban J connectivity index is 2.09. The zero-order valence-electron chi connectivity index (χ0n) is 11.0. The number of nitrogens with zero attached hydrogens (tertiary/aromatic N) is 2. The number of amides is 1. The van der Waals surface area contributed by atoms with Gasteiger partial charge >= 0.3 is 6.09 Å². The number of carboxylic acid groups (broad SMARTS) is 1. The van der Waals surface area contributed by atoms with Crippen molar-refractivity contribution in [3.8, 4) is 17.2 Å². The number of fused-ring (bicyclic) bond motifs is 1. The first kappa shape index (κ1) is 13.5. The first-order valence-electron chi connectivity index (χ1n) is 6.39. The minimum Gasteiger partial charge on any atom is -0.465 e. The van der Waals surface area contributed by atoms with Crippen LogP contribution in [0.1, 0.15) is 16.7 Å². The molecule has 21 heavy (non-hydrogen) atoms. The molecule has 1 aliphatic rings. The van der Waals surface area contributed by atoms with Crippen LogP contribution in [0.5, 0.6) is 0 Å². The van der Waals surface area contributed by atoms with E-state index in [1.807, 2.05) is 18.2 Å². The highest BCUT2D eigenvalue weighted by molar-refractivity contribution is 6.33. The molecule has 0 spiro atoms. The maximum Gasteiger partial charge on any atom is 0.407 e. The fraction of sp³-hybridized carbons (Fsp3) is 0.125.